The molecular weight excluding hydrogens is 224 g/mol. The van der Waals surface area contributed by atoms with Gasteiger partial charge in [-0.25, -0.2) is 9.78 Å². The summed E-state index contributed by atoms with van der Waals surface area (Å²) in [6, 6.07) is 3.40. The van der Waals surface area contributed by atoms with Crippen LogP contribution in [-0.4, -0.2) is 40.2 Å². The van der Waals surface area contributed by atoms with Gasteiger partial charge in [0.1, 0.15) is 11.9 Å². The molecule has 1 N–H and O–H groups in total. The lowest BCUT2D eigenvalue weighted by Crippen LogP contribution is -2.47. The number of thioether (sulfide) groups is 1. The molecule has 0 aliphatic carbocycles. The molecule has 0 spiro atoms. The van der Waals surface area contributed by atoms with Gasteiger partial charge in [0.15, 0.2) is 0 Å². The number of hydrogen-bond acceptors (Lipinski definition) is 4. The molecule has 1 saturated heterocycles. The van der Waals surface area contributed by atoms with E-state index in [1.807, 2.05) is 24.0 Å². The second-order valence-electron chi connectivity index (χ2n) is 3.82. The lowest BCUT2D eigenvalue weighted by molar-refractivity contribution is -0.138. The van der Waals surface area contributed by atoms with E-state index in [1.165, 1.54) is 0 Å². The van der Waals surface area contributed by atoms with Crippen molar-refractivity contribution in [2.24, 2.45) is 0 Å². The van der Waals surface area contributed by atoms with Gasteiger partial charge in [-0.15, -0.1) is 0 Å². The first kappa shape index (κ1) is 11.3. The van der Waals surface area contributed by atoms with E-state index in [4.69, 9.17) is 5.11 Å². The van der Waals surface area contributed by atoms with E-state index >= 15 is 0 Å². The van der Waals surface area contributed by atoms with Crippen molar-refractivity contribution in [1.29, 1.82) is 0 Å². The quantitative estimate of drug-likeness (QED) is 0.844. The van der Waals surface area contributed by atoms with Crippen LogP contribution in [-0.2, 0) is 4.79 Å². The van der Waals surface area contributed by atoms with E-state index in [2.05, 4.69) is 4.98 Å². The van der Waals surface area contributed by atoms with E-state index in [1.54, 1.807) is 18.0 Å². The van der Waals surface area contributed by atoms with Gasteiger partial charge in [0.25, 0.3) is 0 Å². The summed E-state index contributed by atoms with van der Waals surface area (Å²) in [4.78, 5) is 17.3. The standard InChI is InChI=1S/C11H14N2O2S/c1-8-2-3-10(12-6-8)13-4-5-16-7-9(13)11(14)15/h2-3,6,9H,4-5,7H2,1H3,(H,14,15). The minimum Gasteiger partial charge on any atom is -0.480 e. The van der Waals surface area contributed by atoms with Crippen molar-refractivity contribution in [2.75, 3.05) is 23.0 Å². The predicted octanol–water partition coefficient (Wildman–Crippen LogP) is 1.40. The van der Waals surface area contributed by atoms with Crippen LogP contribution in [0.4, 0.5) is 5.82 Å². The Balaban J connectivity index is 2.23. The van der Waals surface area contributed by atoms with Gasteiger partial charge in [0.2, 0.25) is 0 Å². The fraction of sp³-hybridized carbons (Fsp3) is 0.455. The van der Waals surface area contributed by atoms with E-state index in [0.29, 0.717) is 5.75 Å². The summed E-state index contributed by atoms with van der Waals surface area (Å²) in [7, 11) is 0. The van der Waals surface area contributed by atoms with Gasteiger partial charge in [0, 0.05) is 24.2 Å². The number of aromatic nitrogens is 1. The lowest BCUT2D eigenvalue weighted by atomic mass is 10.2. The lowest BCUT2D eigenvalue weighted by Gasteiger charge is -2.33. The molecule has 1 atom stereocenters. The van der Waals surface area contributed by atoms with Crippen LogP contribution in [0.3, 0.4) is 0 Å². The highest BCUT2D eigenvalue weighted by molar-refractivity contribution is 7.99. The number of pyridine rings is 1. The molecule has 2 heterocycles. The number of nitrogens with zero attached hydrogens (tertiary/aromatic N) is 2. The highest BCUT2D eigenvalue weighted by Crippen LogP contribution is 2.22. The number of aliphatic carboxylic acids is 1. The number of rotatable bonds is 2. The van der Waals surface area contributed by atoms with Gasteiger partial charge in [-0.3, -0.25) is 0 Å². The summed E-state index contributed by atoms with van der Waals surface area (Å²) < 4.78 is 0. The fourth-order valence-corrected chi connectivity index (χ4v) is 2.75. The first-order valence-corrected chi connectivity index (χ1v) is 6.34. The summed E-state index contributed by atoms with van der Waals surface area (Å²) in [6.45, 7) is 2.72. The molecule has 1 aliphatic rings. The third-order valence-electron chi connectivity index (χ3n) is 2.60. The Morgan fingerprint density at radius 2 is 2.44 bits per heavy atom. The van der Waals surface area contributed by atoms with E-state index in [-0.39, 0.29) is 0 Å². The van der Waals surface area contributed by atoms with E-state index < -0.39 is 12.0 Å². The molecule has 0 saturated carbocycles. The number of carbonyl (C=O) groups is 1. The van der Waals surface area contributed by atoms with Gasteiger partial charge in [-0.2, -0.15) is 11.8 Å². The van der Waals surface area contributed by atoms with Crippen molar-refractivity contribution < 1.29 is 9.90 Å². The van der Waals surface area contributed by atoms with Crippen LogP contribution in [0.15, 0.2) is 18.3 Å². The normalized spacial score (nSPS) is 20.8. The molecule has 1 unspecified atom stereocenters. The maximum atomic E-state index is 11.1. The SMILES string of the molecule is Cc1ccc(N2CCSCC2C(=O)O)nc1. The third-order valence-corrected chi connectivity index (χ3v) is 3.63. The maximum Gasteiger partial charge on any atom is 0.327 e. The first-order chi connectivity index (χ1) is 7.68. The zero-order valence-electron chi connectivity index (χ0n) is 9.09. The average Bonchev–Trinajstić information content (AvgIpc) is 2.30. The van der Waals surface area contributed by atoms with Crippen molar-refractivity contribution in [3.63, 3.8) is 0 Å². The first-order valence-electron chi connectivity index (χ1n) is 5.18. The molecule has 2 rings (SSSR count). The van der Waals surface area contributed by atoms with E-state index in [9.17, 15) is 4.79 Å². The Kier molecular flexibility index (Phi) is 3.33. The number of hydrogen-bond donors (Lipinski definition) is 1. The zero-order chi connectivity index (χ0) is 11.5. The topological polar surface area (TPSA) is 53.4 Å². The van der Waals surface area contributed by atoms with Crippen LogP contribution < -0.4 is 4.90 Å². The van der Waals surface area contributed by atoms with E-state index in [0.717, 1.165) is 23.7 Å². The van der Waals surface area contributed by atoms with Gasteiger partial charge >= 0.3 is 5.97 Å². The van der Waals surface area contributed by atoms with Crippen LogP contribution in [0.1, 0.15) is 5.56 Å². The minimum atomic E-state index is -0.769. The fourth-order valence-electron chi connectivity index (χ4n) is 1.71. The molecule has 5 heteroatoms. The van der Waals surface area contributed by atoms with Crippen LogP contribution >= 0.6 is 11.8 Å². The molecule has 0 aromatic carbocycles. The molecular formula is C11H14N2O2S. The molecule has 1 aromatic heterocycles. The molecule has 86 valence electrons. The third kappa shape index (κ3) is 2.29. The Labute approximate surface area is 98.7 Å². The molecule has 16 heavy (non-hydrogen) atoms. The van der Waals surface area contributed by atoms with Gasteiger partial charge < -0.3 is 10.0 Å². The van der Waals surface area contributed by atoms with Crippen molar-refractivity contribution in [1.82, 2.24) is 4.98 Å². The maximum absolute atomic E-state index is 11.1. The molecule has 0 bridgehead atoms. The Morgan fingerprint density at radius 3 is 3.06 bits per heavy atom. The number of carboxylic acid groups (broad SMARTS) is 1. The average molecular weight is 238 g/mol. The summed E-state index contributed by atoms with van der Waals surface area (Å²) in [5, 5.41) is 9.14. The molecule has 1 aliphatic heterocycles. The Hall–Kier alpha value is -1.23. The van der Waals surface area contributed by atoms with Gasteiger partial charge in [0.05, 0.1) is 0 Å². The summed E-state index contributed by atoms with van der Waals surface area (Å²) >= 11 is 1.68. The van der Waals surface area contributed by atoms with Crippen molar-refractivity contribution in [2.45, 2.75) is 13.0 Å². The summed E-state index contributed by atoms with van der Waals surface area (Å²) in [5.41, 5.74) is 1.09. The van der Waals surface area contributed by atoms with Gasteiger partial charge in [-0.1, -0.05) is 6.07 Å². The van der Waals surface area contributed by atoms with Crippen molar-refractivity contribution in [3.05, 3.63) is 23.9 Å². The largest absolute Gasteiger partial charge is 0.480 e. The van der Waals surface area contributed by atoms with Crippen LogP contribution in [0.2, 0.25) is 0 Å². The molecule has 0 radical (unpaired) electrons. The second kappa shape index (κ2) is 4.74. The van der Waals surface area contributed by atoms with Crippen LogP contribution in [0, 0.1) is 6.92 Å². The van der Waals surface area contributed by atoms with Crippen LogP contribution in [0.5, 0.6) is 0 Å². The zero-order valence-corrected chi connectivity index (χ0v) is 9.91. The number of anilines is 1. The Morgan fingerprint density at radius 1 is 1.62 bits per heavy atom. The van der Waals surface area contributed by atoms with Gasteiger partial charge in [-0.05, 0) is 18.6 Å². The highest BCUT2D eigenvalue weighted by Gasteiger charge is 2.29. The Bertz CT molecular complexity index is 380. The molecule has 1 fully saturated rings. The smallest absolute Gasteiger partial charge is 0.327 e. The highest BCUT2D eigenvalue weighted by atomic mass is 32.2. The molecule has 0 amide bonds. The number of aryl methyl sites for hydroxylation is 1. The minimum absolute atomic E-state index is 0.450. The van der Waals surface area contributed by atoms with Crippen molar-refractivity contribution in [3.8, 4) is 0 Å². The molecule has 4 nitrogen and oxygen atoms in total. The molecule has 1 aromatic rings. The van der Waals surface area contributed by atoms with Crippen molar-refractivity contribution >= 4 is 23.5 Å². The predicted molar refractivity (Wildman–Crippen MR) is 65.1 cm³/mol. The summed E-state index contributed by atoms with van der Waals surface area (Å²) in [5.74, 6) is 1.58. The number of carboxylic acids is 1. The summed E-state index contributed by atoms with van der Waals surface area (Å²) in [6.07, 6.45) is 1.77. The second-order valence-corrected chi connectivity index (χ2v) is 4.97. The van der Waals surface area contributed by atoms with Crippen LogP contribution in [0.25, 0.3) is 0 Å². The monoisotopic (exact) mass is 238 g/mol.